The van der Waals surface area contributed by atoms with Crippen molar-refractivity contribution in [3.05, 3.63) is 29.8 Å². The molecule has 1 aromatic carbocycles. The highest BCUT2D eigenvalue weighted by Gasteiger charge is 2.20. The first-order valence-corrected chi connectivity index (χ1v) is 7.34. The molecule has 0 saturated heterocycles. The number of carbonyl (C=O) groups excluding carboxylic acids is 2. The van der Waals surface area contributed by atoms with E-state index in [1.54, 1.807) is 12.1 Å². The van der Waals surface area contributed by atoms with Crippen molar-refractivity contribution >= 4 is 17.5 Å². The summed E-state index contributed by atoms with van der Waals surface area (Å²) >= 11 is 0. The fourth-order valence-corrected chi connectivity index (χ4v) is 2.07. The van der Waals surface area contributed by atoms with Crippen molar-refractivity contribution in [2.24, 2.45) is 17.6 Å². The van der Waals surface area contributed by atoms with E-state index in [9.17, 15) is 9.59 Å². The van der Waals surface area contributed by atoms with Crippen LogP contribution in [0.25, 0.3) is 0 Å². The van der Waals surface area contributed by atoms with Gasteiger partial charge in [-0.3, -0.25) is 9.59 Å². The molecule has 4 N–H and O–H groups in total. The Morgan fingerprint density at radius 3 is 2.29 bits per heavy atom. The van der Waals surface area contributed by atoms with Gasteiger partial charge in [-0.05, 0) is 30.5 Å². The highest BCUT2D eigenvalue weighted by molar-refractivity contribution is 5.92. The van der Waals surface area contributed by atoms with Gasteiger partial charge in [0.1, 0.15) is 0 Å². The van der Waals surface area contributed by atoms with Crippen LogP contribution in [0.1, 0.15) is 26.3 Å². The predicted molar refractivity (Wildman–Crippen MR) is 84.8 cm³/mol. The van der Waals surface area contributed by atoms with Gasteiger partial charge in [0, 0.05) is 18.8 Å². The number of likely N-dealkylation sites (N-methyl/N-ethyl adjacent to an activating group) is 1. The summed E-state index contributed by atoms with van der Waals surface area (Å²) in [6.45, 7) is 6.81. The van der Waals surface area contributed by atoms with Gasteiger partial charge in [0.05, 0.1) is 12.3 Å². The van der Waals surface area contributed by atoms with Crippen LogP contribution < -0.4 is 16.4 Å². The second kappa shape index (κ2) is 8.42. The normalized spacial score (nSPS) is 12.0. The van der Waals surface area contributed by atoms with Gasteiger partial charge in [0.2, 0.25) is 11.8 Å². The Hall–Kier alpha value is -1.88. The quantitative estimate of drug-likeness (QED) is 0.712. The maximum absolute atomic E-state index is 12.1. The van der Waals surface area contributed by atoms with E-state index in [0.29, 0.717) is 19.5 Å². The van der Waals surface area contributed by atoms with E-state index in [-0.39, 0.29) is 23.7 Å². The molecule has 0 aliphatic rings. The minimum Gasteiger partial charge on any atom is -0.356 e. The standard InChI is InChI=1S/C16H25N3O2/c1-4-18-15(20)9-12-5-7-13(8-6-12)19-16(21)14(10-17)11(2)3/h5-8,11,14H,4,9-10,17H2,1-3H3,(H,18,20)(H,19,21). The van der Waals surface area contributed by atoms with E-state index in [0.717, 1.165) is 11.3 Å². The van der Waals surface area contributed by atoms with Crippen molar-refractivity contribution in [3.8, 4) is 0 Å². The van der Waals surface area contributed by atoms with Crippen LogP contribution in [0.3, 0.4) is 0 Å². The summed E-state index contributed by atoms with van der Waals surface area (Å²) in [6, 6.07) is 7.30. The van der Waals surface area contributed by atoms with Crippen LogP contribution in [0.15, 0.2) is 24.3 Å². The van der Waals surface area contributed by atoms with Gasteiger partial charge >= 0.3 is 0 Å². The van der Waals surface area contributed by atoms with Crippen molar-refractivity contribution in [1.29, 1.82) is 0 Å². The maximum Gasteiger partial charge on any atom is 0.229 e. The largest absolute Gasteiger partial charge is 0.356 e. The molecule has 5 nitrogen and oxygen atoms in total. The monoisotopic (exact) mass is 291 g/mol. The Balaban J connectivity index is 2.62. The topological polar surface area (TPSA) is 84.2 Å². The molecular weight excluding hydrogens is 266 g/mol. The Morgan fingerprint density at radius 2 is 1.81 bits per heavy atom. The smallest absolute Gasteiger partial charge is 0.229 e. The minimum atomic E-state index is -0.194. The molecule has 116 valence electrons. The minimum absolute atomic E-state index is 0.00251. The molecule has 2 amide bonds. The number of nitrogens with two attached hydrogens (primary N) is 1. The maximum atomic E-state index is 12.1. The van der Waals surface area contributed by atoms with E-state index in [2.05, 4.69) is 10.6 Å². The molecule has 0 saturated carbocycles. The summed E-state index contributed by atoms with van der Waals surface area (Å²) in [4.78, 5) is 23.6. The van der Waals surface area contributed by atoms with Gasteiger partial charge < -0.3 is 16.4 Å². The third-order valence-corrected chi connectivity index (χ3v) is 3.36. The first kappa shape index (κ1) is 17.2. The number of hydrogen-bond donors (Lipinski definition) is 3. The zero-order valence-corrected chi connectivity index (χ0v) is 13.0. The molecule has 1 unspecified atom stereocenters. The summed E-state index contributed by atoms with van der Waals surface area (Å²) in [5.41, 5.74) is 7.27. The molecule has 5 heteroatoms. The molecule has 21 heavy (non-hydrogen) atoms. The van der Waals surface area contributed by atoms with E-state index < -0.39 is 0 Å². The summed E-state index contributed by atoms with van der Waals surface area (Å²) in [5, 5.41) is 5.61. The molecule has 0 aliphatic carbocycles. The van der Waals surface area contributed by atoms with Crippen molar-refractivity contribution in [3.63, 3.8) is 0 Å². The predicted octanol–water partition coefficient (Wildman–Crippen LogP) is 1.53. The summed E-state index contributed by atoms with van der Waals surface area (Å²) in [5.74, 6) is -0.0618. The third kappa shape index (κ3) is 5.55. The molecular formula is C16H25N3O2. The van der Waals surface area contributed by atoms with Crippen molar-refractivity contribution in [2.75, 3.05) is 18.4 Å². The fraction of sp³-hybridized carbons (Fsp3) is 0.500. The molecule has 0 bridgehead atoms. The fourth-order valence-electron chi connectivity index (χ4n) is 2.07. The lowest BCUT2D eigenvalue weighted by molar-refractivity contribution is -0.121. The molecule has 0 aromatic heterocycles. The van der Waals surface area contributed by atoms with Crippen LogP contribution >= 0.6 is 0 Å². The molecule has 1 atom stereocenters. The molecule has 0 heterocycles. The number of nitrogens with one attached hydrogen (secondary N) is 2. The molecule has 0 radical (unpaired) electrons. The summed E-state index contributed by atoms with van der Waals surface area (Å²) < 4.78 is 0. The van der Waals surface area contributed by atoms with Gasteiger partial charge in [-0.1, -0.05) is 26.0 Å². The number of benzene rings is 1. The lowest BCUT2D eigenvalue weighted by atomic mass is 9.95. The van der Waals surface area contributed by atoms with Crippen LogP contribution in [-0.4, -0.2) is 24.9 Å². The van der Waals surface area contributed by atoms with Crippen LogP contribution in [0.5, 0.6) is 0 Å². The van der Waals surface area contributed by atoms with E-state index >= 15 is 0 Å². The van der Waals surface area contributed by atoms with Gasteiger partial charge in [0.15, 0.2) is 0 Å². The highest BCUT2D eigenvalue weighted by Crippen LogP contribution is 2.15. The van der Waals surface area contributed by atoms with Gasteiger partial charge in [-0.25, -0.2) is 0 Å². The average molecular weight is 291 g/mol. The average Bonchev–Trinajstić information content (AvgIpc) is 2.41. The lowest BCUT2D eigenvalue weighted by Gasteiger charge is -2.18. The van der Waals surface area contributed by atoms with Gasteiger partial charge in [-0.15, -0.1) is 0 Å². The number of rotatable bonds is 7. The van der Waals surface area contributed by atoms with Gasteiger partial charge in [-0.2, -0.15) is 0 Å². The van der Waals surface area contributed by atoms with E-state index in [1.807, 2.05) is 32.9 Å². The first-order chi connectivity index (χ1) is 9.97. The molecule has 1 aromatic rings. The Labute approximate surface area is 126 Å². The number of amides is 2. The van der Waals surface area contributed by atoms with Gasteiger partial charge in [0.25, 0.3) is 0 Å². The van der Waals surface area contributed by atoms with Crippen molar-refractivity contribution in [2.45, 2.75) is 27.2 Å². The molecule has 0 aliphatic heterocycles. The second-order valence-corrected chi connectivity index (χ2v) is 5.40. The Morgan fingerprint density at radius 1 is 1.19 bits per heavy atom. The summed E-state index contributed by atoms with van der Waals surface area (Å²) in [7, 11) is 0. The Bertz CT molecular complexity index is 469. The van der Waals surface area contributed by atoms with Crippen LogP contribution in [0.4, 0.5) is 5.69 Å². The second-order valence-electron chi connectivity index (χ2n) is 5.40. The zero-order valence-electron chi connectivity index (χ0n) is 13.0. The number of carbonyl (C=O) groups is 2. The van der Waals surface area contributed by atoms with Crippen LogP contribution in [0.2, 0.25) is 0 Å². The number of hydrogen-bond acceptors (Lipinski definition) is 3. The van der Waals surface area contributed by atoms with E-state index in [1.165, 1.54) is 0 Å². The molecule has 0 fully saturated rings. The first-order valence-electron chi connectivity index (χ1n) is 7.34. The highest BCUT2D eigenvalue weighted by atomic mass is 16.2. The third-order valence-electron chi connectivity index (χ3n) is 3.36. The van der Waals surface area contributed by atoms with Crippen molar-refractivity contribution < 1.29 is 9.59 Å². The van der Waals surface area contributed by atoms with Crippen LogP contribution in [-0.2, 0) is 16.0 Å². The molecule has 1 rings (SSSR count). The zero-order chi connectivity index (χ0) is 15.8. The molecule has 0 spiro atoms. The van der Waals surface area contributed by atoms with Crippen LogP contribution in [0, 0.1) is 11.8 Å². The van der Waals surface area contributed by atoms with E-state index in [4.69, 9.17) is 5.73 Å². The van der Waals surface area contributed by atoms with Crippen molar-refractivity contribution in [1.82, 2.24) is 5.32 Å². The lowest BCUT2D eigenvalue weighted by Crippen LogP contribution is -2.33. The summed E-state index contributed by atoms with van der Waals surface area (Å²) in [6.07, 6.45) is 0.347. The number of anilines is 1. The Kier molecular flexibility index (Phi) is 6.88. The SMILES string of the molecule is CCNC(=O)Cc1ccc(NC(=O)C(CN)C(C)C)cc1.